The lowest BCUT2D eigenvalue weighted by molar-refractivity contribution is -0.124. The van der Waals surface area contributed by atoms with E-state index in [-0.39, 0.29) is 18.6 Å². The summed E-state index contributed by atoms with van der Waals surface area (Å²) >= 11 is 0. The van der Waals surface area contributed by atoms with Gasteiger partial charge in [0.25, 0.3) is 5.91 Å². The Labute approximate surface area is 82.2 Å². The first kappa shape index (κ1) is 10.8. The SMILES string of the molecule is NC(=O)OCC(=O)NC1CCNCC1. The predicted molar refractivity (Wildman–Crippen MR) is 49.6 cm³/mol. The normalized spacial score (nSPS) is 17.4. The first-order chi connectivity index (χ1) is 6.68. The molecule has 0 saturated carbocycles. The Balaban J connectivity index is 2.15. The minimum absolute atomic E-state index is 0.181. The number of amides is 2. The van der Waals surface area contributed by atoms with E-state index in [1.54, 1.807) is 0 Å². The molecule has 14 heavy (non-hydrogen) atoms. The highest BCUT2D eigenvalue weighted by atomic mass is 16.5. The van der Waals surface area contributed by atoms with E-state index < -0.39 is 6.09 Å². The number of rotatable bonds is 3. The van der Waals surface area contributed by atoms with Crippen LogP contribution in [-0.4, -0.2) is 37.7 Å². The second-order valence-electron chi connectivity index (χ2n) is 3.20. The van der Waals surface area contributed by atoms with Crippen molar-refractivity contribution in [1.82, 2.24) is 10.6 Å². The van der Waals surface area contributed by atoms with Gasteiger partial charge in [0.2, 0.25) is 0 Å². The van der Waals surface area contributed by atoms with Crippen LogP contribution in [-0.2, 0) is 9.53 Å². The number of hydrogen-bond acceptors (Lipinski definition) is 4. The van der Waals surface area contributed by atoms with Gasteiger partial charge in [-0.25, -0.2) is 4.79 Å². The molecule has 1 heterocycles. The molecule has 1 fully saturated rings. The van der Waals surface area contributed by atoms with Gasteiger partial charge in [0, 0.05) is 6.04 Å². The first-order valence-electron chi connectivity index (χ1n) is 4.61. The zero-order chi connectivity index (χ0) is 10.4. The maximum Gasteiger partial charge on any atom is 0.405 e. The van der Waals surface area contributed by atoms with Crippen molar-refractivity contribution < 1.29 is 14.3 Å². The van der Waals surface area contributed by atoms with Crippen LogP contribution in [0.5, 0.6) is 0 Å². The van der Waals surface area contributed by atoms with E-state index >= 15 is 0 Å². The lowest BCUT2D eigenvalue weighted by Gasteiger charge is -2.23. The first-order valence-corrected chi connectivity index (χ1v) is 4.61. The molecule has 1 saturated heterocycles. The quantitative estimate of drug-likeness (QED) is 0.543. The van der Waals surface area contributed by atoms with E-state index in [1.165, 1.54) is 0 Å². The molecule has 1 aliphatic heterocycles. The van der Waals surface area contributed by atoms with Gasteiger partial charge >= 0.3 is 6.09 Å². The molecular weight excluding hydrogens is 186 g/mol. The van der Waals surface area contributed by atoms with Crippen LogP contribution in [0.25, 0.3) is 0 Å². The van der Waals surface area contributed by atoms with Crippen LogP contribution in [0.15, 0.2) is 0 Å². The zero-order valence-electron chi connectivity index (χ0n) is 7.91. The molecule has 0 unspecified atom stereocenters. The highest BCUT2D eigenvalue weighted by Gasteiger charge is 2.15. The predicted octanol–water partition coefficient (Wildman–Crippen LogP) is -1.05. The summed E-state index contributed by atoms with van der Waals surface area (Å²) in [6.07, 6.45) is 0.885. The average molecular weight is 201 g/mol. The summed E-state index contributed by atoms with van der Waals surface area (Å²) in [6.45, 7) is 1.52. The number of ether oxygens (including phenoxy) is 1. The topological polar surface area (TPSA) is 93.5 Å². The molecule has 0 atom stereocenters. The molecule has 0 aromatic heterocycles. The van der Waals surface area contributed by atoms with Crippen molar-refractivity contribution in [3.63, 3.8) is 0 Å². The number of primary amides is 1. The van der Waals surface area contributed by atoms with Crippen LogP contribution >= 0.6 is 0 Å². The van der Waals surface area contributed by atoms with Gasteiger partial charge in [0.05, 0.1) is 0 Å². The lowest BCUT2D eigenvalue weighted by Crippen LogP contribution is -2.44. The van der Waals surface area contributed by atoms with Gasteiger partial charge < -0.3 is 21.1 Å². The smallest absolute Gasteiger partial charge is 0.405 e. The molecule has 0 spiro atoms. The Hall–Kier alpha value is -1.30. The van der Waals surface area contributed by atoms with Crippen molar-refractivity contribution >= 4 is 12.0 Å². The fourth-order valence-corrected chi connectivity index (χ4v) is 1.37. The van der Waals surface area contributed by atoms with E-state index in [2.05, 4.69) is 15.4 Å². The molecule has 1 aliphatic rings. The number of piperidine rings is 1. The number of nitrogens with one attached hydrogen (secondary N) is 2. The van der Waals surface area contributed by atoms with Crippen molar-refractivity contribution in [1.29, 1.82) is 0 Å². The number of hydrogen-bond donors (Lipinski definition) is 3. The molecule has 6 heteroatoms. The van der Waals surface area contributed by atoms with Crippen LogP contribution < -0.4 is 16.4 Å². The van der Waals surface area contributed by atoms with Crippen molar-refractivity contribution in [3.05, 3.63) is 0 Å². The number of carbonyl (C=O) groups excluding carboxylic acids is 2. The Morgan fingerprint density at radius 3 is 2.64 bits per heavy atom. The second-order valence-corrected chi connectivity index (χ2v) is 3.20. The molecule has 2 amide bonds. The fourth-order valence-electron chi connectivity index (χ4n) is 1.37. The van der Waals surface area contributed by atoms with E-state index in [0.29, 0.717) is 0 Å². The van der Waals surface area contributed by atoms with Crippen molar-refractivity contribution in [2.45, 2.75) is 18.9 Å². The van der Waals surface area contributed by atoms with E-state index in [0.717, 1.165) is 25.9 Å². The molecule has 0 bridgehead atoms. The molecule has 0 radical (unpaired) electrons. The lowest BCUT2D eigenvalue weighted by atomic mass is 10.1. The molecule has 6 nitrogen and oxygen atoms in total. The minimum atomic E-state index is -0.925. The molecular formula is C8H15N3O3. The van der Waals surface area contributed by atoms with E-state index in [9.17, 15) is 9.59 Å². The molecule has 1 rings (SSSR count). The monoisotopic (exact) mass is 201 g/mol. The largest absolute Gasteiger partial charge is 0.440 e. The van der Waals surface area contributed by atoms with Crippen LogP contribution in [0.3, 0.4) is 0 Å². The van der Waals surface area contributed by atoms with Gasteiger partial charge in [-0.15, -0.1) is 0 Å². The highest BCUT2D eigenvalue weighted by Crippen LogP contribution is 2.01. The van der Waals surface area contributed by atoms with Crippen molar-refractivity contribution in [3.8, 4) is 0 Å². The highest BCUT2D eigenvalue weighted by molar-refractivity contribution is 5.79. The summed E-state index contributed by atoms with van der Waals surface area (Å²) in [5, 5.41) is 5.94. The van der Waals surface area contributed by atoms with Gasteiger partial charge in [-0.1, -0.05) is 0 Å². The molecule has 4 N–H and O–H groups in total. The minimum Gasteiger partial charge on any atom is -0.440 e. The Morgan fingerprint density at radius 2 is 2.07 bits per heavy atom. The maximum atomic E-state index is 11.2. The third kappa shape index (κ3) is 4.08. The zero-order valence-corrected chi connectivity index (χ0v) is 7.91. The Bertz CT molecular complexity index is 214. The second kappa shape index (κ2) is 5.43. The van der Waals surface area contributed by atoms with E-state index in [1.807, 2.05) is 0 Å². The summed E-state index contributed by atoms with van der Waals surface area (Å²) in [4.78, 5) is 21.4. The summed E-state index contributed by atoms with van der Waals surface area (Å²) in [5.41, 5.74) is 4.72. The van der Waals surface area contributed by atoms with Crippen LogP contribution in [0.4, 0.5) is 4.79 Å². The average Bonchev–Trinajstić information content (AvgIpc) is 2.16. The molecule has 80 valence electrons. The Kier molecular flexibility index (Phi) is 4.18. The van der Waals surface area contributed by atoms with Gasteiger partial charge in [-0.05, 0) is 25.9 Å². The third-order valence-corrected chi connectivity index (χ3v) is 2.05. The summed E-state index contributed by atoms with van der Waals surface area (Å²) in [7, 11) is 0. The summed E-state index contributed by atoms with van der Waals surface area (Å²) in [6, 6.07) is 0.181. The van der Waals surface area contributed by atoms with Crippen molar-refractivity contribution in [2.75, 3.05) is 19.7 Å². The third-order valence-electron chi connectivity index (χ3n) is 2.05. The molecule has 0 aromatic carbocycles. The summed E-state index contributed by atoms with van der Waals surface area (Å²) < 4.78 is 4.36. The summed E-state index contributed by atoms with van der Waals surface area (Å²) in [5.74, 6) is -0.296. The Morgan fingerprint density at radius 1 is 1.43 bits per heavy atom. The van der Waals surface area contributed by atoms with Crippen LogP contribution in [0.2, 0.25) is 0 Å². The molecule has 0 aromatic rings. The molecule has 0 aliphatic carbocycles. The van der Waals surface area contributed by atoms with Crippen molar-refractivity contribution in [2.24, 2.45) is 5.73 Å². The van der Waals surface area contributed by atoms with E-state index in [4.69, 9.17) is 5.73 Å². The number of carbonyl (C=O) groups is 2. The number of nitrogens with two attached hydrogens (primary N) is 1. The van der Waals surface area contributed by atoms with Gasteiger partial charge in [0.15, 0.2) is 6.61 Å². The van der Waals surface area contributed by atoms with Crippen LogP contribution in [0.1, 0.15) is 12.8 Å². The van der Waals surface area contributed by atoms with Gasteiger partial charge in [-0.2, -0.15) is 0 Å². The standard InChI is InChI=1S/C8H15N3O3/c9-8(13)14-5-7(12)11-6-1-3-10-4-2-6/h6,10H,1-5H2,(H2,9,13)(H,11,12). The fraction of sp³-hybridized carbons (Fsp3) is 0.750. The van der Waals surface area contributed by atoms with Gasteiger partial charge in [0.1, 0.15) is 0 Å². The van der Waals surface area contributed by atoms with Gasteiger partial charge in [-0.3, -0.25) is 4.79 Å². The maximum absolute atomic E-state index is 11.2. The van der Waals surface area contributed by atoms with Crippen LogP contribution in [0, 0.1) is 0 Å².